The Kier molecular flexibility index (Phi) is 4.79. The molecule has 1 aromatic heterocycles. The van der Waals surface area contributed by atoms with E-state index in [2.05, 4.69) is 36.2 Å². The van der Waals surface area contributed by atoms with Crippen LogP contribution in [-0.2, 0) is 0 Å². The van der Waals surface area contributed by atoms with Gasteiger partial charge in [0.1, 0.15) is 5.82 Å². The molecule has 0 radical (unpaired) electrons. The Hall–Kier alpha value is -1.09. The fraction of sp³-hybridized carbons (Fsp3) is 0.722. The van der Waals surface area contributed by atoms with E-state index in [4.69, 9.17) is 4.98 Å². The van der Waals surface area contributed by atoms with E-state index >= 15 is 0 Å². The number of pyridine rings is 1. The van der Waals surface area contributed by atoms with Gasteiger partial charge in [0, 0.05) is 30.4 Å². The summed E-state index contributed by atoms with van der Waals surface area (Å²) in [6.45, 7) is 6.61. The zero-order valence-electron chi connectivity index (χ0n) is 13.5. The molecule has 2 fully saturated rings. The van der Waals surface area contributed by atoms with Gasteiger partial charge in [-0.1, -0.05) is 25.8 Å². The Balaban J connectivity index is 1.88. The highest BCUT2D eigenvalue weighted by Gasteiger charge is 2.34. The van der Waals surface area contributed by atoms with Crippen molar-refractivity contribution < 1.29 is 0 Å². The molecule has 3 nitrogen and oxygen atoms in total. The van der Waals surface area contributed by atoms with Crippen LogP contribution >= 0.6 is 0 Å². The lowest BCUT2D eigenvalue weighted by atomic mass is 9.78. The van der Waals surface area contributed by atoms with Gasteiger partial charge < -0.3 is 10.2 Å². The standard InChI is InChI=1S/C18H29N3/c1-3-19-14(2)16-10-6-12-20-18(16)21-13-7-9-15-8-4-5-11-17(15)21/h6,10,12,14-15,17,19H,3-5,7-9,11,13H2,1-2H3/t14?,15-,17-/m1/s1. The Labute approximate surface area is 129 Å². The van der Waals surface area contributed by atoms with Crippen molar-refractivity contribution in [2.45, 2.75) is 64.5 Å². The number of anilines is 1. The van der Waals surface area contributed by atoms with E-state index in [9.17, 15) is 0 Å². The fourth-order valence-electron chi connectivity index (χ4n) is 4.29. The molecule has 2 aliphatic rings. The summed E-state index contributed by atoms with van der Waals surface area (Å²) in [5.41, 5.74) is 1.37. The topological polar surface area (TPSA) is 28.2 Å². The molecule has 1 saturated carbocycles. The molecular weight excluding hydrogens is 258 g/mol. The maximum absolute atomic E-state index is 4.78. The summed E-state index contributed by atoms with van der Waals surface area (Å²) < 4.78 is 0. The van der Waals surface area contributed by atoms with Crippen molar-refractivity contribution in [1.29, 1.82) is 0 Å². The van der Waals surface area contributed by atoms with Crippen LogP contribution in [0.15, 0.2) is 18.3 Å². The number of aromatic nitrogens is 1. The fourth-order valence-corrected chi connectivity index (χ4v) is 4.29. The van der Waals surface area contributed by atoms with E-state index < -0.39 is 0 Å². The monoisotopic (exact) mass is 287 g/mol. The van der Waals surface area contributed by atoms with Gasteiger partial charge in [0.25, 0.3) is 0 Å². The van der Waals surface area contributed by atoms with Gasteiger partial charge in [-0.25, -0.2) is 4.98 Å². The Morgan fingerprint density at radius 2 is 2.10 bits per heavy atom. The van der Waals surface area contributed by atoms with Crippen molar-refractivity contribution >= 4 is 5.82 Å². The lowest BCUT2D eigenvalue weighted by molar-refractivity contribution is 0.242. The maximum atomic E-state index is 4.78. The first-order valence-corrected chi connectivity index (χ1v) is 8.76. The molecule has 0 aromatic carbocycles. The first-order valence-electron chi connectivity index (χ1n) is 8.76. The molecule has 1 aliphatic carbocycles. The van der Waals surface area contributed by atoms with Crippen molar-refractivity contribution in [2.75, 3.05) is 18.0 Å². The largest absolute Gasteiger partial charge is 0.353 e. The highest BCUT2D eigenvalue weighted by molar-refractivity contribution is 5.50. The van der Waals surface area contributed by atoms with Gasteiger partial charge in [0.05, 0.1) is 0 Å². The van der Waals surface area contributed by atoms with E-state index in [1.807, 2.05) is 6.20 Å². The molecule has 1 saturated heterocycles. The van der Waals surface area contributed by atoms with Crippen LogP contribution in [0.25, 0.3) is 0 Å². The average molecular weight is 287 g/mol. The van der Waals surface area contributed by atoms with Crippen molar-refractivity contribution in [3.63, 3.8) is 0 Å². The summed E-state index contributed by atoms with van der Waals surface area (Å²) in [5, 5.41) is 3.55. The van der Waals surface area contributed by atoms with Crippen molar-refractivity contribution in [3.8, 4) is 0 Å². The van der Waals surface area contributed by atoms with E-state index in [1.54, 1.807) is 0 Å². The number of rotatable bonds is 4. The zero-order chi connectivity index (χ0) is 14.7. The normalized spacial score (nSPS) is 27.2. The summed E-state index contributed by atoms with van der Waals surface area (Å²) in [6, 6.07) is 5.44. The first-order chi connectivity index (χ1) is 10.3. The molecule has 0 spiro atoms. The summed E-state index contributed by atoms with van der Waals surface area (Å²) in [4.78, 5) is 7.42. The number of hydrogen-bond acceptors (Lipinski definition) is 3. The van der Waals surface area contributed by atoms with Crippen LogP contribution in [0.2, 0.25) is 0 Å². The Bertz CT molecular complexity index is 458. The number of fused-ring (bicyclic) bond motifs is 1. The number of nitrogens with zero attached hydrogens (tertiary/aromatic N) is 2. The summed E-state index contributed by atoms with van der Waals surface area (Å²) in [7, 11) is 0. The van der Waals surface area contributed by atoms with Gasteiger partial charge >= 0.3 is 0 Å². The van der Waals surface area contributed by atoms with Gasteiger partial charge in [0.15, 0.2) is 0 Å². The molecule has 21 heavy (non-hydrogen) atoms. The van der Waals surface area contributed by atoms with Gasteiger partial charge in [-0.2, -0.15) is 0 Å². The van der Waals surface area contributed by atoms with Crippen LogP contribution in [-0.4, -0.2) is 24.1 Å². The molecule has 3 atom stereocenters. The molecule has 1 aliphatic heterocycles. The molecule has 2 heterocycles. The zero-order valence-corrected chi connectivity index (χ0v) is 13.5. The van der Waals surface area contributed by atoms with Gasteiger partial charge in [-0.05, 0) is 51.1 Å². The molecule has 0 bridgehead atoms. The highest BCUT2D eigenvalue weighted by atomic mass is 15.2. The lowest BCUT2D eigenvalue weighted by Gasteiger charge is -2.45. The molecule has 1 aromatic rings. The summed E-state index contributed by atoms with van der Waals surface area (Å²) in [6.07, 6.45) is 10.3. The third-order valence-electron chi connectivity index (χ3n) is 5.31. The third kappa shape index (κ3) is 3.08. The SMILES string of the molecule is CCNC(C)c1cccnc1N1CCC[C@H]2CCCC[C@H]21. The lowest BCUT2D eigenvalue weighted by Crippen LogP contribution is -2.47. The van der Waals surface area contributed by atoms with Crippen LogP contribution in [0, 0.1) is 5.92 Å². The second kappa shape index (κ2) is 6.78. The van der Waals surface area contributed by atoms with E-state index in [0.29, 0.717) is 6.04 Å². The van der Waals surface area contributed by atoms with Crippen LogP contribution in [0.3, 0.4) is 0 Å². The van der Waals surface area contributed by atoms with Crippen LogP contribution < -0.4 is 10.2 Å². The first kappa shape index (κ1) is 14.8. The summed E-state index contributed by atoms with van der Waals surface area (Å²) >= 11 is 0. The van der Waals surface area contributed by atoms with E-state index in [1.165, 1.54) is 56.5 Å². The molecule has 0 amide bonds. The predicted octanol–water partition coefficient (Wildman–Crippen LogP) is 3.91. The van der Waals surface area contributed by atoms with Crippen molar-refractivity contribution in [1.82, 2.24) is 10.3 Å². The molecular formula is C18H29N3. The van der Waals surface area contributed by atoms with Gasteiger partial charge in [-0.3, -0.25) is 0 Å². The smallest absolute Gasteiger partial charge is 0.133 e. The molecule has 1 N–H and O–H groups in total. The minimum absolute atomic E-state index is 0.377. The third-order valence-corrected chi connectivity index (χ3v) is 5.31. The van der Waals surface area contributed by atoms with Crippen LogP contribution in [0.5, 0.6) is 0 Å². The van der Waals surface area contributed by atoms with Gasteiger partial charge in [0.2, 0.25) is 0 Å². The second-order valence-corrected chi connectivity index (χ2v) is 6.64. The molecule has 1 unspecified atom stereocenters. The predicted molar refractivity (Wildman–Crippen MR) is 88.7 cm³/mol. The highest BCUT2D eigenvalue weighted by Crippen LogP contribution is 2.38. The van der Waals surface area contributed by atoms with E-state index in [0.717, 1.165) is 18.5 Å². The Morgan fingerprint density at radius 1 is 1.29 bits per heavy atom. The molecule has 3 heteroatoms. The molecule has 116 valence electrons. The average Bonchev–Trinajstić information content (AvgIpc) is 2.54. The maximum Gasteiger partial charge on any atom is 0.133 e. The van der Waals surface area contributed by atoms with Crippen molar-refractivity contribution in [3.05, 3.63) is 23.9 Å². The minimum atomic E-state index is 0.377. The van der Waals surface area contributed by atoms with Crippen molar-refractivity contribution in [2.24, 2.45) is 5.92 Å². The van der Waals surface area contributed by atoms with Crippen LogP contribution in [0.1, 0.15) is 64.0 Å². The quantitative estimate of drug-likeness (QED) is 0.910. The van der Waals surface area contributed by atoms with Crippen LogP contribution in [0.4, 0.5) is 5.82 Å². The Morgan fingerprint density at radius 3 is 2.95 bits per heavy atom. The number of nitrogens with one attached hydrogen (secondary N) is 1. The molecule has 3 rings (SSSR count). The second-order valence-electron chi connectivity index (χ2n) is 6.64. The summed E-state index contributed by atoms with van der Waals surface area (Å²) in [5.74, 6) is 2.14. The van der Waals surface area contributed by atoms with Gasteiger partial charge in [-0.15, -0.1) is 0 Å². The van der Waals surface area contributed by atoms with E-state index in [-0.39, 0.29) is 0 Å². The number of piperidine rings is 1. The minimum Gasteiger partial charge on any atom is -0.353 e. The number of hydrogen-bond donors (Lipinski definition) is 1.